The zero-order chi connectivity index (χ0) is 16.9. The maximum Gasteiger partial charge on any atom is 0.288 e. The first-order valence-corrected chi connectivity index (χ1v) is 8.06. The Kier molecular flexibility index (Phi) is 5.08. The van der Waals surface area contributed by atoms with E-state index in [0.717, 1.165) is 36.1 Å². The van der Waals surface area contributed by atoms with Gasteiger partial charge in [0.15, 0.2) is 0 Å². The van der Waals surface area contributed by atoms with E-state index in [4.69, 9.17) is 11.6 Å². The van der Waals surface area contributed by atoms with Crippen molar-refractivity contribution < 1.29 is 4.92 Å². The Bertz CT molecular complexity index is 863. The normalized spacial score (nSPS) is 11.0. The summed E-state index contributed by atoms with van der Waals surface area (Å²) >= 11 is 5.81. The zero-order valence-electron chi connectivity index (χ0n) is 13.0. The molecule has 0 amide bonds. The largest absolute Gasteiger partial charge is 0.331 e. The lowest BCUT2D eigenvalue weighted by Gasteiger charge is -2.07. The first-order valence-electron chi connectivity index (χ1n) is 7.68. The molecule has 1 heterocycles. The molecule has 0 aliphatic carbocycles. The topological polar surface area (TPSA) is 73.0 Å². The number of fused-ring (bicyclic) bond motifs is 1. The maximum atomic E-state index is 10.9. The summed E-state index contributed by atoms with van der Waals surface area (Å²) in [5, 5.41) is 14.3. The van der Waals surface area contributed by atoms with E-state index in [0.29, 0.717) is 6.54 Å². The van der Waals surface area contributed by atoms with E-state index < -0.39 is 4.92 Å². The minimum atomic E-state index is -0.462. The number of hydrogen-bond acceptors (Lipinski definition) is 4. The number of nitrogens with one attached hydrogen (secondary N) is 1. The number of hydrogen-bond donors (Lipinski definition) is 1. The minimum absolute atomic E-state index is 0.0548. The van der Waals surface area contributed by atoms with Crippen LogP contribution in [0.15, 0.2) is 48.8 Å². The van der Waals surface area contributed by atoms with Crippen molar-refractivity contribution in [2.45, 2.75) is 19.5 Å². The summed E-state index contributed by atoms with van der Waals surface area (Å²) in [5.41, 5.74) is 2.92. The third kappa shape index (κ3) is 3.72. The van der Waals surface area contributed by atoms with Crippen molar-refractivity contribution in [1.29, 1.82) is 0 Å². The smallest absolute Gasteiger partial charge is 0.288 e. The molecule has 7 heteroatoms. The maximum absolute atomic E-state index is 10.9. The molecule has 0 spiro atoms. The monoisotopic (exact) mass is 344 g/mol. The molecule has 1 N–H and O–H groups in total. The summed E-state index contributed by atoms with van der Waals surface area (Å²) in [6.45, 7) is 2.25. The van der Waals surface area contributed by atoms with Crippen LogP contribution < -0.4 is 5.32 Å². The number of aromatic nitrogens is 2. The molecule has 0 aliphatic heterocycles. The number of rotatable bonds is 7. The second-order valence-electron chi connectivity index (χ2n) is 5.50. The SMILES string of the molecule is O=[N+]([O-])c1cc(CNCCCn2cnc3ccccc32)ccc1Cl. The number of benzene rings is 2. The number of halogens is 1. The van der Waals surface area contributed by atoms with Crippen molar-refractivity contribution in [3.8, 4) is 0 Å². The molecule has 3 aromatic rings. The van der Waals surface area contributed by atoms with Gasteiger partial charge in [0.05, 0.1) is 22.3 Å². The molecule has 0 radical (unpaired) electrons. The Hall–Kier alpha value is -2.44. The summed E-state index contributed by atoms with van der Waals surface area (Å²) in [6.07, 6.45) is 2.79. The average molecular weight is 345 g/mol. The van der Waals surface area contributed by atoms with Crippen molar-refractivity contribution >= 4 is 28.3 Å². The summed E-state index contributed by atoms with van der Waals surface area (Å²) in [7, 11) is 0. The van der Waals surface area contributed by atoms with Gasteiger partial charge in [-0.15, -0.1) is 0 Å². The number of aryl methyl sites for hydroxylation is 1. The number of nitro benzene ring substituents is 1. The molecule has 0 bridgehead atoms. The van der Waals surface area contributed by atoms with E-state index in [1.54, 1.807) is 12.1 Å². The highest BCUT2D eigenvalue weighted by atomic mass is 35.5. The number of para-hydroxylation sites is 2. The van der Waals surface area contributed by atoms with E-state index >= 15 is 0 Å². The molecule has 0 aliphatic rings. The molecule has 0 saturated heterocycles. The summed E-state index contributed by atoms with van der Waals surface area (Å²) in [4.78, 5) is 14.8. The van der Waals surface area contributed by atoms with Gasteiger partial charge in [-0.05, 0) is 36.7 Å². The van der Waals surface area contributed by atoms with Crippen LogP contribution in [0, 0.1) is 10.1 Å². The highest BCUT2D eigenvalue weighted by Gasteiger charge is 2.12. The minimum Gasteiger partial charge on any atom is -0.331 e. The van der Waals surface area contributed by atoms with Gasteiger partial charge in [0.2, 0.25) is 0 Å². The molecule has 2 aromatic carbocycles. The first kappa shape index (κ1) is 16.4. The van der Waals surface area contributed by atoms with Crippen molar-refractivity contribution in [2.75, 3.05) is 6.54 Å². The van der Waals surface area contributed by atoms with Crippen LogP contribution in [0.2, 0.25) is 5.02 Å². The molecule has 3 rings (SSSR count). The van der Waals surface area contributed by atoms with Crippen LogP contribution in [-0.4, -0.2) is 21.0 Å². The van der Waals surface area contributed by atoms with Crippen LogP contribution in [0.25, 0.3) is 11.0 Å². The Balaban J connectivity index is 1.49. The highest BCUT2D eigenvalue weighted by molar-refractivity contribution is 6.32. The standard InChI is InChI=1S/C17H17ClN4O2/c18-14-7-6-13(10-17(14)22(23)24)11-19-8-3-9-21-12-20-15-4-1-2-5-16(15)21/h1-2,4-7,10,12,19H,3,8-9,11H2. The zero-order valence-corrected chi connectivity index (χ0v) is 13.7. The molecule has 0 saturated carbocycles. The fraction of sp³-hybridized carbons (Fsp3) is 0.235. The number of nitro groups is 1. The summed E-state index contributed by atoms with van der Waals surface area (Å²) in [6, 6.07) is 12.9. The fourth-order valence-corrected chi connectivity index (χ4v) is 2.79. The molecule has 0 fully saturated rings. The first-order chi connectivity index (χ1) is 11.6. The second kappa shape index (κ2) is 7.42. The van der Waals surface area contributed by atoms with Crippen molar-refractivity contribution in [3.05, 3.63) is 69.5 Å². The second-order valence-corrected chi connectivity index (χ2v) is 5.91. The molecular formula is C17H17ClN4O2. The van der Waals surface area contributed by atoms with Crippen molar-refractivity contribution in [1.82, 2.24) is 14.9 Å². The van der Waals surface area contributed by atoms with E-state index in [-0.39, 0.29) is 10.7 Å². The van der Waals surface area contributed by atoms with Gasteiger partial charge >= 0.3 is 0 Å². The van der Waals surface area contributed by atoms with Crippen LogP contribution in [0.3, 0.4) is 0 Å². The van der Waals surface area contributed by atoms with Crippen molar-refractivity contribution in [3.63, 3.8) is 0 Å². The number of nitrogens with zero attached hydrogens (tertiary/aromatic N) is 3. The lowest BCUT2D eigenvalue weighted by Crippen LogP contribution is -2.16. The van der Waals surface area contributed by atoms with Crippen LogP contribution in [-0.2, 0) is 13.1 Å². The van der Waals surface area contributed by atoms with Gasteiger partial charge < -0.3 is 9.88 Å². The average Bonchev–Trinajstić information content (AvgIpc) is 2.99. The summed E-state index contributed by atoms with van der Waals surface area (Å²) < 4.78 is 2.13. The molecule has 0 unspecified atom stereocenters. The molecule has 124 valence electrons. The van der Waals surface area contributed by atoms with Crippen molar-refractivity contribution in [2.24, 2.45) is 0 Å². The Labute approximate surface area is 144 Å². The Morgan fingerprint density at radius 2 is 2.08 bits per heavy atom. The molecule has 0 atom stereocenters. The highest BCUT2D eigenvalue weighted by Crippen LogP contribution is 2.24. The lowest BCUT2D eigenvalue weighted by molar-refractivity contribution is -0.384. The van der Waals surface area contributed by atoms with E-state index in [1.165, 1.54) is 6.07 Å². The van der Waals surface area contributed by atoms with Gasteiger partial charge in [0.1, 0.15) is 5.02 Å². The molecule has 24 heavy (non-hydrogen) atoms. The third-order valence-corrected chi connectivity index (χ3v) is 4.14. The lowest BCUT2D eigenvalue weighted by atomic mass is 10.2. The van der Waals surface area contributed by atoms with Gasteiger partial charge in [-0.25, -0.2) is 4.98 Å². The van der Waals surface area contributed by atoms with E-state index in [1.807, 2.05) is 24.5 Å². The van der Waals surface area contributed by atoms with E-state index in [2.05, 4.69) is 20.9 Å². The van der Waals surface area contributed by atoms with Gasteiger partial charge in [-0.3, -0.25) is 10.1 Å². The summed E-state index contributed by atoms with van der Waals surface area (Å²) in [5.74, 6) is 0. The quantitative estimate of drug-likeness (QED) is 0.402. The van der Waals surface area contributed by atoms with E-state index in [9.17, 15) is 10.1 Å². The Morgan fingerprint density at radius 3 is 2.92 bits per heavy atom. The van der Waals surface area contributed by atoms with Crippen LogP contribution in [0.4, 0.5) is 5.69 Å². The van der Waals surface area contributed by atoms with Crippen LogP contribution in [0.5, 0.6) is 0 Å². The van der Waals surface area contributed by atoms with Crippen LogP contribution >= 0.6 is 11.6 Å². The predicted octanol–water partition coefficient (Wildman–Crippen LogP) is 3.78. The van der Waals surface area contributed by atoms with Gasteiger partial charge in [-0.2, -0.15) is 0 Å². The Morgan fingerprint density at radius 1 is 1.25 bits per heavy atom. The molecule has 1 aromatic heterocycles. The number of imidazole rings is 1. The van der Waals surface area contributed by atoms with Crippen LogP contribution in [0.1, 0.15) is 12.0 Å². The van der Waals surface area contributed by atoms with Gasteiger partial charge in [0, 0.05) is 19.2 Å². The molecular weight excluding hydrogens is 328 g/mol. The third-order valence-electron chi connectivity index (χ3n) is 3.82. The predicted molar refractivity (Wildman–Crippen MR) is 94.2 cm³/mol. The molecule has 6 nitrogen and oxygen atoms in total. The van der Waals surface area contributed by atoms with Gasteiger partial charge in [0.25, 0.3) is 5.69 Å². The van der Waals surface area contributed by atoms with Gasteiger partial charge in [-0.1, -0.05) is 29.8 Å². The fourth-order valence-electron chi connectivity index (χ4n) is 2.60.